The number of unbranched alkanes of at least 4 members (excludes halogenated alkanes) is 2. The summed E-state index contributed by atoms with van der Waals surface area (Å²) in [6, 6.07) is 4.91. The number of benzene rings is 1. The molecule has 0 fully saturated rings. The van der Waals surface area contributed by atoms with Gasteiger partial charge in [0.05, 0.1) is 0 Å². The molecule has 20 heavy (non-hydrogen) atoms. The van der Waals surface area contributed by atoms with Gasteiger partial charge in [-0.1, -0.05) is 51.6 Å². The molecule has 0 saturated carbocycles. The third kappa shape index (κ3) is 5.83. The van der Waals surface area contributed by atoms with Gasteiger partial charge >= 0.3 is 0 Å². The minimum absolute atomic E-state index is 0.106. The number of rotatable bonds is 7. The number of nitrogens with one attached hydrogen (secondary N) is 1. The van der Waals surface area contributed by atoms with E-state index in [1.165, 1.54) is 19.3 Å². The van der Waals surface area contributed by atoms with E-state index >= 15 is 0 Å². The van der Waals surface area contributed by atoms with Crippen LogP contribution in [0, 0.1) is 5.41 Å². The van der Waals surface area contributed by atoms with Crippen molar-refractivity contribution in [1.82, 2.24) is 5.32 Å². The van der Waals surface area contributed by atoms with Gasteiger partial charge < -0.3 is 11.1 Å². The second kappa shape index (κ2) is 7.53. The lowest BCUT2D eigenvalue weighted by Crippen LogP contribution is -2.34. The molecule has 0 atom stereocenters. The Bertz CT molecular complexity index is 438. The molecule has 0 saturated heterocycles. The molecule has 0 unspecified atom stereocenters. The van der Waals surface area contributed by atoms with Crippen LogP contribution in [0.3, 0.4) is 0 Å². The highest BCUT2D eigenvalue weighted by Crippen LogP contribution is 2.23. The van der Waals surface area contributed by atoms with Gasteiger partial charge in [-0.15, -0.1) is 0 Å². The summed E-state index contributed by atoms with van der Waals surface area (Å²) in [5, 5.41) is 3.45. The van der Waals surface area contributed by atoms with Gasteiger partial charge in [0.15, 0.2) is 0 Å². The maximum atomic E-state index is 12.1. The van der Waals surface area contributed by atoms with Gasteiger partial charge in [-0.3, -0.25) is 4.79 Å². The summed E-state index contributed by atoms with van der Waals surface area (Å²) < 4.78 is 0. The number of amides is 1. The van der Waals surface area contributed by atoms with Crippen LogP contribution in [-0.4, -0.2) is 12.5 Å². The predicted molar refractivity (Wildman–Crippen MR) is 86.1 cm³/mol. The van der Waals surface area contributed by atoms with Crippen LogP contribution in [0.2, 0.25) is 5.02 Å². The Hall–Kier alpha value is -1.22. The van der Waals surface area contributed by atoms with Crippen LogP contribution in [0.25, 0.3) is 0 Å². The number of carbonyl (C=O) groups is 1. The number of anilines is 1. The summed E-state index contributed by atoms with van der Waals surface area (Å²) in [5.74, 6) is -0.122. The van der Waals surface area contributed by atoms with Crippen molar-refractivity contribution in [2.75, 3.05) is 12.3 Å². The molecule has 4 heteroatoms. The second-order valence-corrected chi connectivity index (χ2v) is 6.51. The van der Waals surface area contributed by atoms with Crippen LogP contribution in [0.5, 0.6) is 0 Å². The molecule has 1 aromatic carbocycles. The number of nitrogen functional groups attached to an aromatic ring is 1. The molecule has 3 N–H and O–H groups in total. The molecule has 0 heterocycles. The molecular formula is C16H25ClN2O. The van der Waals surface area contributed by atoms with Gasteiger partial charge in [0.25, 0.3) is 5.91 Å². The normalized spacial score (nSPS) is 11.4. The molecule has 0 spiro atoms. The summed E-state index contributed by atoms with van der Waals surface area (Å²) in [5.41, 5.74) is 6.82. The van der Waals surface area contributed by atoms with Crippen molar-refractivity contribution in [2.24, 2.45) is 5.41 Å². The molecule has 1 aromatic rings. The molecule has 112 valence electrons. The summed E-state index contributed by atoms with van der Waals surface area (Å²) in [6.07, 6.45) is 4.76. The minimum atomic E-state index is -0.122. The number of halogens is 1. The molecule has 0 radical (unpaired) electrons. The Morgan fingerprint density at radius 3 is 2.60 bits per heavy atom. The lowest BCUT2D eigenvalue weighted by molar-refractivity contribution is 0.0934. The zero-order valence-corrected chi connectivity index (χ0v) is 13.4. The third-order valence-corrected chi connectivity index (χ3v) is 3.59. The van der Waals surface area contributed by atoms with Gasteiger partial charge in [-0.05, 0) is 30.0 Å². The summed E-state index contributed by atoms with van der Waals surface area (Å²) in [6.45, 7) is 7.20. The zero-order valence-electron chi connectivity index (χ0n) is 12.6. The molecule has 1 rings (SSSR count). The van der Waals surface area contributed by atoms with E-state index in [1.807, 2.05) is 0 Å². The van der Waals surface area contributed by atoms with E-state index in [0.717, 1.165) is 6.42 Å². The zero-order chi connectivity index (χ0) is 15.2. The van der Waals surface area contributed by atoms with E-state index in [-0.39, 0.29) is 11.3 Å². The molecular weight excluding hydrogens is 272 g/mol. The van der Waals surface area contributed by atoms with Gasteiger partial charge in [0.2, 0.25) is 0 Å². The highest BCUT2D eigenvalue weighted by Gasteiger charge is 2.19. The van der Waals surface area contributed by atoms with E-state index in [0.29, 0.717) is 22.8 Å². The van der Waals surface area contributed by atoms with Crippen molar-refractivity contribution >= 4 is 23.2 Å². The highest BCUT2D eigenvalue weighted by molar-refractivity contribution is 6.31. The predicted octanol–water partition coefficient (Wildman–Crippen LogP) is 4.26. The van der Waals surface area contributed by atoms with Gasteiger partial charge in [-0.25, -0.2) is 0 Å². The molecule has 0 bridgehead atoms. The first-order valence-corrected chi connectivity index (χ1v) is 7.56. The molecule has 0 aliphatic carbocycles. The quantitative estimate of drug-likeness (QED) is 0.583. The van der Waals surface area contributed by atoms with Crippen molar-refractivity contribution in [1.29, 1.82) is 0 Å². The van der Waals surface area contributed by atoms with E-state index in [2.05, 4.69) is 26.1 Å². The Morgan fingerprint density at radius 1 is 1.30 bits per heavy atom. The van der Waals surface area contributed by atoms with Gasteiger partial charge in [0, 0.05) is 22.8 Å². The summed E-state index contributed by atoms with van der Waals surface area (Å²) >= 11 is 5.91. The van der Waals surface area contributed by atoms with E-state index in [4.69, 9.17) is 17.3 Å². The van der Waals surface area contributed by atoms with Crippen LogP contribution in [0.4, 0.5) is 5.69 Å². The fourth-order valence-electron chi connectivity index (χ4n) is 2.11. The average molecular weight is 297 g/mol. The lowest BCUT2D eigenvalue weighted by atomic mass is 9.87. The first-order valence-electron chi connectivity index (χ1n) is 7.18. The molecule has 0 aliphatic rings. The van der Waals surface area contributed by atoms with Crippen LogP contribution in [0.1, 0.15) is 56.8 Å². The number of hydrogen-bond donors (Lipinski definition) is 2. The fourth-order valence-corrected chi connectivity index (χ4v) is 2.35. The largest absolute Gasteiger partial charge is 0.399 e. The maximum Gasteiger partial charge on any atom is 0.251 e. The average Bonchev–Trinajstić information content (AvgIpc) is 2.35. The molecule has 0 aromatic heterocycles. The third-order valence-electron chi connectivity index (χ3n) is 3.37. The summed E-state index contributed by atoms with van der Waals surface area (Å²) in [4.78, 5) is 12.1. The van der Waals surface area contributed by atoms with Crippen LogP contribution in [-0.2, 0) is 0 Å². The van der Waals surface area contributed by atoms with Crippen LogP contribution >= 0.6 is 11.6 Å². The monoisotopic (exact) mass is 296 g/mol. The fraction of sp³-hybridized carbons (Fsp3) is 0.562. The number of nitrogens with two attached hydrogens (primary N) is 1. The number of carbonyl (C=O) groups excluding carboxylic acids is 1. The van der Waals surface area contributed by atoms with Crippen molar-refractivity contribution in [2.45, 2.75) is 46.5 Å². The lowest BCUT2D eigenvalue weighted by Gasteiger charge is -2.25. The molecule has 0 aliphatic heterocycles. The smallest absolute Gasteiger partial charge is 0.251 e. The van der Waals surface area contributed by atoms with Crippen molar-refractivity contribution in [3.63, 3.8) is 0 Å². The Balaban J connectivity index is 2.53. The Kier molecular flexibility index (Phi) is 6.34. The van der Waals surface area contributed by atoms with Crippen molar-refractivity contribution < 1.29 is 4.79 Å². The van der Waals surface area contributed by atoms with Gasteiger partial charge in [-0.2, -0.15) is 0 Å². The van der Waals surface area contributed by atoms with Crippen LogP contribution < -0.4 is 11.1 Å². The summed E-state index contributed by atoms with van der Waals surface area (Å²) in [7, 11) is 0. The molecule has 1 amide bonds. The van der Waals surface area contributed by atoms with Crippen molar-refractivity contribution in [3.8, 4) is 0 Å². The Labute approximate surface area is 126 Å². The Morgan fingerprint density at radius 2 is 2.00 bits per heavy atom. The first-order chi connectivity index (χ1) is 9.34. The standard InChI is InChI=1S/C16H25ClN2O/c1-4-5-6-7-16(2,3)11-19-15(20)12-8-13(17)10-14(18)9-12/h8-10H,4-7,11,18H2,1-3H3,(H,19,20). The number of hydrogen-bond acceptors (Lipinski definition) is 2. The van der Waals surface area contributed by atoms with E-state index in [1.54, 1.807) is 18.2 Å². The first kappa shape index (κ1) is 16.8. The maximum absolute atomic E-state index is 12.1. The molecule has 3 nitrogen and oxygen atoms in total. The SMILES string of the molecule is CCCCCC(C)(C)CNC(=O)c1cc(N)cc(Cl)c1. The van der Waals surface area contributed by atoms with Gasteiger partial charge in [0.1, 0.15) is 0 Å². The minimum Gasteiger partial charge on any atom is -0.399 e. The van der Waals surface area contributed by atoms with E-state index in [9.17, 15) is 4.79 Å². The van der Waals surface area contributed by atoms with Crippen molar-refractivity contribution in [3.05, 3.63) is 28.8 Å². The second-order valence-electron chi connectivity index (χ2n) is 6.08. The topological polar surface area (TPSA) is 55.1 Å². The van der Waals surface area contributed by atoms with E-state index < -0.39 is 0 Å². The highest BCUT2D eigenvalue weighted by atomic mass is 35.5. The van der Waals surface area contributed by atoms with Crippen LogP contribution in [0.15, 0.2) is 18.2 Å².